The number of nitrogens with zero attached hydrogens (tertiary/aromatic N) is 4. The monoisotopic (exact) mass is 244 g/mol. The third-order valence-electron chi connectivity index (χ3n) is 3.14. The predicted molar refractivity (Wildman–Crippen MR) is 65.3 cm³/mol. The summed E-state index contributed by atoms with van der Waals surface area (Å²) in [4.78, 5) is 17.2. The van der Waals surface area contributed by atoms with E-state index in [1.807, 2.05) is 24.3 Å². The second-order valence-electron chi connectivity index (χ2n) is 4.29. The molecule has 0 radical (unpaired) electrons. The Hall–Kier alpha value is -2.24. The normalized spacial score (nSPS) is 19.3. The fourth-order valence-corrected chi connectivity index (χ4v) is 2.26. The maximum atomic E-state index is 11.1. The van der Waals surface area contributed by atoms with E-state index in [0.717, 1.165) is 11.9 Å². The summed E-state index contributed by atoms with van der Waals surface area (Å²) >= 11 is 0. The zero-order chi connectivity index (χ0) is 12.5. The van der Waals surface area contributed by atoms with Gasteiger partial charge in [-0.25, -0.2) is 9.78 Å². The third-order valence-corrected chi connectivity index (χ3v) is 3.14. The van der Waals surface area contributed by atoms with Crippen molar-refractivity contribution in [2.24, 2.45) is 0 Å². The van der Waals surface area contributed by atoms with Crippen molar-refractivity contribution in [2.75, 3.05) is 11.4 Å². The number of hydrogen-bond acceptors (Lipinski definition) is 5. The summed E-state index contributed by atoms with van der Waals surface area (Å²) < 4.78 is 0. The predicted octanol–water partition coefficient (Wildman–Crippen LogP) is 1.08. The Morgan fingerprint density at radius 1 is 1.28 bits per heavy atom. The molecule has 1 fully saturated rings. The van der Waals surface area contributed by atoms with Crippen molar-refractivity contribution in [2.45, 2.75) is 18.9 Å². The van der Waals surface area contributed by atoms with E-state index in [1.54, 1.807) is 4.90 Å². The van der Waals surface area contributed by atoms with Gasteiger partial charge in [0.2, 0.25) is 5.95 Å². The zero-order valence-corrected chi connectivity index (χ0v) is 9.65. The highest BCUT2D eigenvalue weighted by Gasteiger charge is 2.32. The quantitative estimate of drug-likeness (QED) is 0.851. The first-order chi connectivity index (χ1) is 8.75. The minimum absolute atomic E-state index is 0.401. The number of aromatic nitrogens is 3. The molecule has 6 heteroatoms. The summed E-state index contributed by atoms with van der Waals surface area (Å²) in [5.41, 5.74) is 1.45. The zero-order valence-electron chi connectivity index (χ0n) is 9.65. The number of aliphatic carboxylic acids is 1. The molecule has 0 bridgehead atoms. The molecule has 3 rings (SSSR count). The van der Waals surface area contributed by atoms with Crippen molar-refractivity contribution in [3.8, 4) is 0 Å². The molecule has 1 aromatic carbocycles. The first-order valence-electron chi connectivity index (χ1n) is 5.84. The van der Waals surface area contributed by atoms with Crippen LogP contribution in [0, 0.1) is 0 Å². The van der Waals surface area contributed by atoms with Gasteiger partial charge < -0.3 is 10.0 Å². The fraction of sp³-hybridized carbons (Fsp3) is 0.333. The molecule has 0 amide bonds. The molecule has 1 atom stereocenters. The van der Waals surface area contributed by atoms with Crippen LogP contribution in [-0.4, -0.2) is 38.8 Å². The highest BCUT2D eigenvalue weighted by molar-refractivity contribution is 5.79. The second-order valence-corrected chi connectivity index (χ2v) is 4.29. The molecule has 0 aliphatic carbocycles. The lowest BCUT2D eigenvalue weighted by atomic mass is 10.2. The van der Waals surface area contributed by atoms with Gasteiger partial charge in [-0.15, -0.1) is 10.2 Å². The van der Waals surface area contributed by atoms with Crippen molar-refractivity contribution < 1.29 is 9.90 Å². The Morgan fingerprint density at radius 2 is 2.06 bits per heavy atom. The number of carboxylic acid groups (broad SMARTS) is 1. The van der Waals surface area contributed by atoms with Crippen molar-refractivity contribution in [1.82, 2.24) is 15.2 Å². The van der Waals surface area contributed by atoms with Crippen LogP contribution in [0.3, 0.4) is 0 Å². The Balaban J connectivity index is 2.01. The number of para-hydroxylation sites is 1. The van der Waals surface area contributed by atoms with E-state index in [-0.39, 0.29) is 0 Å². The van der Waals surface area contributed by atoms with Crippen LogP contribution >= 0.6 is 0 Å². The van der Waals surface area contributed by atoms with Gasteiger partial charge in [-0.3, -0.25) is 0 Å². The highest BCUT2D eigenvalue weighted by Crippen LogP contribution is 2.23. The smallest absolute Gasteiger partial charge is 0.326 e. The van der Waals surface area contributed by atoms with Gasteiger partial charge in [0.05, 0.1) is 5.52 Å². The molecule has 2 aromatic rings. The molecular weight excluding hydrogens is 232 g/mol. The third kappa shape index (κ3) is 1.75. The molecule has 92 valence electrons. The van der Waals surface area contributed by atoms with E-state index in [0.29, 0.717) is 24.4 Å². The van der Waals surface area contributed by atoms with E-state index in [2.05, 4.69) is 15.2 Å². The Labute approximate surface area is 103 Å². The summed E-state index contributed by atoms with van der Waals surface area (Å²) in [5.74, 6) is -0.428. The molecule has 2 heterocycles. The Bertz CT molecular complexity index is 601. The van der Waals surface area contributed by atoms with Gasteiger partial charge in [-0.2, -0.15) is 0 Å². The molecule has 1 aromatic heterocycles. The fourth-order valence-electron chi connectivity index (χ4n) is 2.26. The van der Waals surface area contributed by atoms with Crippen LogP contribution in [0.15, 0.2) is 24.3 Å². The summed E-state index contributed by atoms with van der Waals surface area (Å²) in [6.45, 7) is 0.664. The molecule has 1 unspecified atom stereocenters. The molecule has 1 N–H and O–H groups in total. The van der Waals surface area contributed by atoms with Crippen LogP contribution < -0.4 is 4.90 Å². The van der Waals surface area contributed by atoms with Crippen LogP contribution in [-0.2, 0) is 4.79 Å². The number of hydrogen-bond donors (Lipinski definition) is 1. The molecular formula is C12H12N4O2. The minimum Gasteiger partial charge on any atom is -0.480 e. The first kappa shape index (κ1) is 10.9. The molecule has 0 spiro atoms. The largest absolute Gasteiger partial charge is 0.480 e. The van der Waals surface area contributed by atoms with E-state index < -0.39 is 12.0 Å². The van der Waals surface area contributed by atoms with E-state index in [4.69, 9.17) is 5.11 Å². The van der Waals surface area contributed by atoms with Crippen molar-refractivity contribution >= 4 is 23.0 Å². The lowest BCUT2D eigenvalue weighted by molar-refractivity contribution is -0.138. The van der Waals surface area contributed by atoms with Gasteiger partial charge >= 0.3 is 5.97 Å². The van der Waals surface area contributed by atoms with Crippen LogP contribution in [0.4, 0.5) is 5.95 Å². The molecule has 1 aliphatic rings. The lowest BCUT2D eigenvalue weighted by Gasteiger charge is -2.20. The molecule has 1 aliphatic heterocycles. The number of carboxylic acids is 1. The Kier molecular flexibility index (Phi) is 2.55. The van der Waals surface area contributed by atoms with Gasteiger partial charge in [0.15, 0.2) is 0 Å². The van der Waals surface area contributed by atoms with E-state index >= 15 is 0 Å². The summed E-state index contributed by atoms with van der Waals surface area (Å²) in [6, 6.07) is 6.89. The van der Waals surface area contributed by atoms with Gasteiger partial charge in [-0.1, -0.05) is 12.1 Å². The first-order valence-corrected chi connectivity index (χ1v) is 5.84. The van der Waals surface area contributed by atoms with Crippen molar-refractivity contribution in [3.05, 3.63) is 24.3 Å². The summed E-state index contributed by atoms with van der Waals surface area (Å²) in [6.07, 6.45) is 1.47. The summed E-state index contributed by atoms with van der Waals surface area (Å²) in [5, 5.41) is 17.2. The van der Waals surface area contributed by atoms with Gasteiger partial charge in [0.1, 0.15) is 11.6 Å². The van der Waals surface area contributed by atoms with Gasteiger partial charge in [0, 0.05) is 6.54 Å². The topological polar surface area (TPSA) is 79.2 Å². The van der Waals surface area contributed by atoms with Gasteiger partial charge in [-0.05, 0) is 25.0 Å². The minimum atomic E-state index is -0.829. The van der Waals surface area contributed by atoms with Crippen molar-refractivity contribution in [3.63, 3.8) is 0 Å². The average Bonchev–Trinajstić information content (AvgIpc) is 2.87. The standard InChI is InChI=1S/C12H12N4O2/c17-11(18)10-6-3-7-16(10)12-13-8-4-1-2-5-9(8)14-15-12/h1-2,4-5,10H,3,6-7H2,(H,17,18). The van der Waals surface area contributed by atoms with Crippen LogP contribution in [0.1, 0.15) is 12.8 Å². The number of benzene rings is 1. The molecule has 6 nitrogen and oxygen atoms in total. The van der Waals surface area contributed by atoms with Crippen molar-refractivity contribution in [1.29, 1.82) is 0 Å². The van der Waals surface area contributed by atoms with Gasteiger partial charge in [0.25, 0.3) is 0 Å². The number of carbonyl (C=O) groups is 1. The highest BCUT2D eigenvalue weighted by atomic mass is 16.4. The maximum Gasteiger partial charge on any atom is 0.326 e. The SMILES string of the molecule is O=C(O)C1CCCN1c1nnc2ccccc2n1. The molecule has 18 heavy (non-hydrogen) atoms. The number of fused-ring (bicyclic) bond motifs is 1. The summed E-state index contributed by atoms with van der Waals surface area (Å²) in [7, 11) is 0. The van der Waals surface area contributed by atoms with E-state index in [1.165, 1.54) is 0 Å². The number of rotatable bonds is 2. The second kappa shape index (κ2) is 4.21. The average molecular weight is 244 g/mol. The van der Waals surface area contributed by atoms with E-state index in [9.17, 15) is 4.79 Å². The Morgan fingerprint density at radius 3 is 2.83 bits per heavy atom. The number of anilines is 1. The lowest BCUT2D eigenvalue weighted by Crippen LogP contribution is -2.37. The maximum absolute atomic E-state index is 11.1. The molecule has 0 saturated carbocycles. The van der Waals surface area contributed by atoms with Crippen LogP contribution in [0.25, 0.3) is 11.0 Å². The van der Waals surface area contributed by atoms with Crippen LogP contribution in [0.2, 0.25) is 0 Å². The van der Waals surface area contributed by atoms with Crippen LogP contribution in [0.5, 0.6) is 0 Å². The molecule has 1 saturated heterocycles.